The summed E-state index contributed by atoms with van der Waals surface area (Å²) in [6.45, 7) is 10.6. The number of hydrogen-bond donors (Lipinski definition) is 3. The van der Waals surface area contributed by atoms with E-state index >= 15 is 0 Å². The fourth-order valence-corrected chi connectivity index (χ4v) is 2.93. The van der Waals surface area contributed by atoms with Crippen molar-refractivity contribution in [3.8, 4) is 0 Å². The monoisotopic (exact) mass is 297 g/mol. The molecule has 1 saturated heterocycles. The van der Waals surface area contributed by atoms with Gasteiger partial charge in [-0.3, -0.25) is 0 Å². The van der Waals surface area contributed by atoms with Gasteiger partial charge in [0.25, 0.3) is 0 Å². The second kappa shape index (κ2) is 6.53. The Bertz CT molecular complexity index is 357. The van der Waals surface area contributed by atoms with Gasteiger partial charge in [-0.1, -0.05) is 0 Å². The summed E-state index contributed by atoms with van der Waals surface area (Å²) in [4.78, 5) is 11.8. The van der Waals surface area contributed by atoms with Gasteiger partial charge < -0.3 is 20.7 Å². The van der Waals surface area contributed by atoms with Gasteiger partial charge in [-0.15, -0.1) is 0 Å². The highest BCUT2D eigenvalue weighted by molar-refractivity contribution is 5.67. The molecule has 2 unspecified atom stereocenters. The molecule has 1 aliphatic carbocycles. The second-order valence-corrected chi connectivity index (χ2v) is 7.72. The SMILES string of the molecule is CC(C)(C)OC(=O)NCC(C)(NCC1CCCN1)C1CC1. The standard InChI is InChI=1S/C16H31N3O2/c1-15(2,3)21-14(20)18-11-16(4,12-7-8-12)19-10-13-6-5-9-17-13/h12-13,17,19H,5-11H2,1-4H3,(H,18,20). The Hall–Kier alpha value is -0.810. The molecule has 0 spiro atoms. The Morgan fingerprint density at radius 2 is 1.95 bits per heavy atom. The molecule has 1 saturated carbocycles. The van der Waals surface area contributed by atoms with Crippen LogP contribution in [0.5, 0.6) is 0 Å². The van der Waals surface area contributed by atoms with Crippen molar-refractivity contribution in [3.63, 3.8) is 0 Å². The minimum atomic E-state index is -0.443. The molecule has 2 fully saturated rings. The van der Waals surface area contributed by atoms with E-state index in [1.54, 1.807) is 0 Å². The van der Waals surface area contributed by atoms with Gasteiger partial charge in [0, 0.05) is 24.7 Å². The lowest BCUT2D eigenvalue weighted by Crippen LogP contribution is -2.56. The van der Waals surface area contributed by atoms with Gasteiger partial charge >= 0.3 is 6.09 Å². The maximum absolute atomic E-state index is 11.8. The average molecular weight is 297 g/mol. The summed E-state index contributed by atoms with van der Waals surface area (Å²) in [7, 11) is 0. The maximum Gasteiger partial charge on any atom is 0.407 e. The molecule has 5 heteroatoms. The van der Waals surface area contributed by atoms with E-state index in [-0.39, 0.29) is 11.6 Å². The van der Waals surface area contributed by atoms with Crippen molar-refractivity contribution in [1.82, 2.24) is 16.0 Å². The summed E-state index contributed by atoms with van der Waals surface area (Å²) in [5.41, 5.74) is -0.470. The van der Waals surface area contributed by atoms with Crippen molar-refractivity contribution >= 4 is 6.09 Å². The van der Waals surface area contributed by atoms with Crippen LogP contribution in [0.1, 0.15) is 53.4 Å². The largest absolute Gasteiger partial charge is 0.444 e. The summed E-state index contributed by atoms with van der Waals surface area (Å²) in [5, 5.41) is 10.1. The Morgan fingerprint density at radius 3 is 2.48 bits per heavy atom. The number of ether oxygens (including phenoxy) is 1. The van der Waals surface area contributed by atoms with Crippen LogP contribution in [0.25, 0.3) is 0 Å². The molecule has 3 N–H and O–H groups in total. The van der Waals surface area contributed by atoms with Gasteiger partial charge in [0.1, 0.15) is 5.60 Å². The van der Waals surface area contributed by atoms with Crippen LogP contribution in [-0.4, -0.2) is 42.9 Å². The molecule has 0 aromatic carbocycles. The molecule has 1 aliphatic heterocycles. The first-order chi connectivity index (χ1) is 9.78. The van der Waals surface area contributed by atoms with Crippen LogP contribution < -0.4 is 16.0 Å². The molecule has 0 radical (unpaired) electrons. The highest BCUT2D eigenvalue weighted by Gasteiger charge is 2.41. The van der Waals surface area contributed by atoms with E-state index in [2.05, 4.69) is 22.9 Å². The van der Waals surface area contributed by atoms with Crippen molar-refractivity contribution in [2.45, 2.75) is 70.6 Å². The first kappa shape index (κ1) is 16.6. The number of alkyl carbamates (subject to hydrolysis) is 1. The molecular weight excluding hydrogens is 266 g/mol. The summed E-state index contributed by atoms with van der Waals surface area (Å²) in [5.74, 6) is 0.661. The number of carbonyl (C=O) groups excluding carboxylic acids is 1. The highest BCUT2D eigenvalue weighted by atomic mass is 16.6. The van der Waals surface area contributed by atoms with E-state index in [1.165, 1.54) is 25.7 Å². The smallest absolute Gasteiger partial charge is 0.407 e. The minimum Gasteiger partial charge on any atom is -0.444 e. The number of carbonyl (C=O) groups is 1. The van der Waals surface area contributed by atoms with E-state index in [1.807, 2.05) is 20.8 Å². The Labute approximate surface area is 128 Å². The predicted octanol–water partition coefficient (Wildman–Crippen LogP) is 2.02. The zero-order valence-electron chi connectivity index (χ0n) is 13.9. The fourth-order valence-electron chi connectivity index (χ4n) is 2.93. The van der Waals surface area contributed by atoms with Gasteiger partial charge in [-0.05, 0) is 65.8 Å². The molecule has 0 bridgehead atoms. The highest BCUT2D eigenvalue weighted by Crippen LogP contribution is 2.39. The van der Waals surface area contributed by atoms with Crippen molar-refractivity contribution in [2.24, 2.45) is 5.92 Å². The van der Waals surface area contributed by atoms with Crippen molar-refractivity contribution in [2.75, 3.05) is 19.6 Å². The molecule has 2 atom stereocenters. The Balaban J connectivity index is 1.78. The number of rotatable bonds is 6. The van der Waals surface area contributed by atoms with Crippen molar-refractivity contribution < 1.29 is 9.53 Å². The first-order valence-corrected chi connectivity index (χ1v) is 8.24. The van der Waals surface area contributed by atoms with E-state index in [0.29, 0.717) is 18.5 Å². The lowest BCUT2D eigenvalue weighted by Gasteiger charge is -2.33. The van der Waals surface area contributed by atoms with Gasteiger partial charge in [-0.2, -0.15) is 0 Å². The average Bonchev–Trinajstić information content (AvgIpc) is 3.10. The molecule has 1 heterocycles. The summed E-state index contributed by atoms with van der Waals surface area (Å²) in [6.07, 6.45) is 4.68. The van der Waals surface area contributed by atoms with E-state index in [9.17, 15) is 4.79 Å². The molecule has 5 nitrogen and oxygen atoms in total. The molecule has 21 heavy (non-hydrogen) atoms. The third-order valence-corrected chi connectivity index (χ3v) is 4.39. The van der Waals surface area contributed by atoms with Gasteiger partial charge in [0.15, 0.2) is 0 Å². The fraction of sp³-hybridized carbons (Fsp3) is 0.938. The van der Waals surface area contributed by atoms with Crippen LogP contribution in [0.4, 0.5) is 4.79 Å². The molecule has 122 valence electrons. The predicted molar refractivity (Wildman–Crippen MR) is 84.4 cm³/mol. The number of nitrogens with one attached hydrogen (secondary N) is 3. The molecule has 0 aromatic heterocycles. The summed E-state index contributed by atoms with van der Waals surface area (Å²) < 4.78 is 5.32. The second-order valence-electron chi connectivity index (χ2n) is 7.72. The minimum absolute atomic E-state index is 0.0266. The van der Waals surface area contributed by atoms with Crippen LogP contribution in [0.15, 0.2) is 0 Å². The lowest BCUT2D eigenvalue weighted by molar-refractivity contribution is 0.0507. The van der Waals surface area contributed by atoms with Crippen LogP contribution in [0.2, 0.25) is 0 Å². The maximum atomic E-state index is 11.8. The quantitative estimate of drug-likeness (QED) is 0.702. The van der Waals surface area contributed by atoms with Gasteiger partial charge in [-0.25, -0.2) is 4.79 Å². The number of hydrogen-bond acceptors (Lipinski definition) is 4. The zero-order valence-corrected chi connectivity index (χ0v) is 13.9. The van der Waals surface area contributed by atoms with E-state index in [4.69, 9.17) is 4.74 Å². The molecular formula is C16H31N3O2. The normalized spacial score (nSPS) is 25.4. The molecule has 0 aromatic rings. The summed E-state index contributed by atoms with van der Waals surface area (Å²) in [6, 6.07) is 0.574. The van der Waals surface area contributed by atoms with E-state index in [0.717, 1.165) is 13.1 Å². The summed E-state index contributed by atoms with van der Waals surface area (Å²) >= 11 is 0. The molecule has 2 rings (SSSR count). The van der Waals surface area contributed by atoms with E-state index < -0.39 is 5.60 Å². The third kappa shape index (κ3) is 5.47. The lowest BCUT2D eigenvalue weighted by atomic mass is 9.95. The van der Waals surface area contributed by atoms with Gasteiger partial charge in [0.05, 0.1) is 0 Å². The Morgan fingerprint density at radius 1 is 1.24 bits per heavy atom. The first-order valence-electron chi connectivity index (χ1n) is 8.24. The Kier molecular flexibility index (Phi) is 5.15. The van der Waals surface area contributed by atoms with Crippen molar-refractivity contribution in [3.05, 3.63) is 0 Å². The van der Waals surface area contributed by atoms with Crippen molar-refractivity contribution in [1.29, 1.82) is 0 Å². The number of amides is 1. The third-order valence-electron chi connectivity index (χ3n) is 4.39. The van der Waals surface area contributed by atoms with Crippen LogP contribution >= 0.6 is 0 Å². The molecule has 2 aliphatic rings. The zero-order chi connectivity index (χ0) is 15.5. The van der Waals surface area contributed by atoms with Crippen LogP contribution in [-0.2, 0) is 4.74 Å². The topological polar surface area (TPSA) is 62.4 Å². The van der Waals surface area contributed by atoms with Crippen LogP contribution in [0, 0.1) is 5.92 Å². The van der Waals surface area contributed by atoms with Gasteiger partial charge in [0.2, 0.25) is 0 Å². The molecule has 1 amide bonds. The van der Waals surface area contributed by atoms with Crippen LogP contribution in [0.3, 0.4) is 0 Å².